The largest absolute Gasteiger partial charge is 0.358 e. The van der Waals surface area contributed by atoms with Crippen LogP contribution in [-0.4, -0.2) is 35.0 Å². The van der Waals surface area contributed by atoms with Crippen molar-refractivity contribution in [3.8, 4) is 0 Å². The summed E-state index contributed by atoms with van der Waals surface area (Å²) in [5.41, 5.74) is 3.97. The van der Waals surface area contributed by atoms with Crippen LogP contribution in [0, 0.1) is 6.92 Å². The zero-order valence-electron chi connectivity index (χ0n) is 15.2. The lowest BCUT2D eigenvalue weighted by Crippen LogP contribution is -2.48. The molecule has 2 heterocycles. The van der Waals surface area contributed by atoms with E-state index in [2.05, 4.69) is 41.5 Å². The van der Waals surface area contributed by atoms with E-state index >= 15 is 0 Å². The fraction of sp³-hybridized carbons (Fsp3) is 0.571. The van der Waals surface area contributed by atoms with Crippen LogP contribution in [-0.2, 0) is 0 Å². The van der Waals surface area contributed by atoms with E-state index in [4.69, 9.17) is 0 Å². The van der Waals surface area contributed by atoms with Crippen molar-refractivity contribution >= 4 is 16.9 Å². The summed E-state index contributed by atoms with van der Waals surface area (Å²) in [6.45, 7) is 3.90. The average Bonchev–Trinajstić information content (AvgIpc) is 2.98. The molecule has 0 unspecified atom stereocenters. The van der Waals surface area contributed by atoms with E-state index in [1.54, 1.807) is 0 Å². The molecule has 2 aliphatic rings. The van der Waals surface area contributed by atoms with Crippen LogP contribution in [0.5, 0.6) is 0 Å². The highest BCUT2D eigenvalue weighted by Crippen LogP contribution is 2.35. The lowest BCUT2D eigenvalue weighted by Gasteiger charge is -2.34. The maximum absolute atomic E-state index is 12.5. The number of nitrogens with one attached hydrogen (secondary N) is 2. The molecule has 1 aliphatic heterocycles. The number of carbonyl (C=O) groups is 1. The second kappa shape index (κ2) is 7.11. The first kappa shape index (κ1) is 16.5. The topological polar surface area (TPSA) is 48.1 Å². The second-order valence-electron chi connectivity index (χ2n) is 7.76. The number of hydrogen-bond acceptors (Lipinski definition) is 1. The van der Waals surface area contributed by atoms with Crippen molar-refractivity contribution in [1.29, 1.82) is 0 Å². The van der Waals surface area contributed by atoms with Gasteiger partial charge in [-0.25, -0.2) is 4.79 Å². The number of nitrogens with zero attached hydrogens (tertiary/aromatic N) is 1. The van der Waals surface area contributed by atoms with Gasteiger partial charge in [-0.2, -0.15) is 0 Å². The Labute approximate surface area is 150 Å². The van der Waals surface area contributed by atoms with Gasteiger partial charge in [0, 0.05) is 35.7 Å². The Morgan fingerprint density at radius 1 is 1.08 bits per heavy atom. The molecule has 4 nitrogen and oxygen atoms in total. The number of aryl methyl sites for hydroxylation is 1. The van der Waals surface area contributed by atoms with E-state index in [1.807, 2.05) is 4.90 Å². The second-order valence-corrected chi connectivity index (χ2v) is 7.76. The minimum absolute atomic E-state index is 0.154. The Morgan fingerprint density at radius 3 is 2.56 bits per heavy atom. The number of likely N-dealkylation sites (tertiary alicyclic amines) is 1. The molecule has 2 aromatic rings. The minimum Gasteiger partial charge on any atom is -0.358 e. The summed E-state index contributed by atoms with van der Waals surface area (Å²) < 4.78 is 0. The molecule has 1 aliphatic carbocycles. The molecule has 0 spiro atoms. The number of amides is 2. The highest BCUT2D eigenvalue weighted by atomic mass is 16.2. The van der Waals surface area contributed by atoms with Crippen molar-refractivity contribution in [2.75, 3.05) is 13.1 Å². The van der Waals surface area contributed by atoms with E-state index in [0.717, 1.165) is 38.8 Å². The summed E-state index contributed by atoms with van der Waals surface area (Å²) in [5, 5.41) is 4.61. The third-order valence-corrected chi connectivity index (χ3v) is 6.07. The summed E-state index contributed by atoms with van der Waals surface area (Å²) in [7, 11) is 0. The molecular weight excluding hydrogens is 310 g/mol. The van der Waals surface area contributed by atoms with Crippen LogP contribution in [0.1, 0.15) is 62.1 Å². The number of hydrogen-bond donors (Lipinski definition) is 2. The van der Waals surface area contributed by atoms with Crippen LogP contribution in [0.4, 0.5) is 4.79 Å². The first-order valence-corrected chi connectivity index (χ1v) is 9.85. The molecule has 0 bridgehead atoms. The average molecular weight is 339 g/mol. The number of urea groups is 1. The Kier molecular flexibility index (Phi) is 4.69. The molecule has 1 aromatic carbocycles. The van der Waals surface area contributed by atoms with Crippen LogP contribution >= 0.6 is 0 Å². The van der Waals surface area contributed by atoms with Gasteiger partial charge < -0.3 is 15.2 Å². The van der Waals surface area contributed by atoms with Gasteiger partial charge >= 0.3 is 6.03 Å². The molecule has 0 radical (unpaired) electrons. The van der Waals surface area contributed by atoms with Gasteiger partial charge in [-0.15, -0.1) is 0 Å². The minimum atomic E-state index is 0.154. The summed E-state index contributed by atoms with van der Waals surface area (Å²) in [6, 6.07) is 9.12. The Hall–Kier alpha value is -1.97. The van der Waals surface area contributed by atoms with Crippen molar-refractivity contribution in [2.24, 2.45) is 0 Å². The Bertz CT molecular complexity index is 737. The number of aromatic nitrogens is 1. The van der Waals surface area contributed by atoms with E-state index in [9.17, 15) is 4.79 Å². The van der Waals surface area contributed by atoms with Crippen molar-refractivity contribution in [2.45, 2.75) is 63.8 Å². The molecule has 0 atom stereocenters. The lowest BCUT2D eigenvalue weighted by molar-refractivity contribution is 0.174. The van der Waals surface area contributed by atoms with E-state index in [1.165, 1.54) is 41.4 Å². The van der Waals surface area contributed by atoms with Crippen LogP contribution in [0.2, 0.25) is 0 Å². The number of para-hydroxylation sites is 1. The van der Waals surface area contributed by atoms with Gasteiger partial charge in [0.2, 0.25) is 0 Å². The molecule has 4 heteroatoms. The van der Waals surface area contributed by atoms with Crippen LogP contribution in [0.25, 0.3) is 10.9 Å². The summed E-state index contributed by atoms with van der Waals surface area (Å²) in [5.74, 6) is 0.551. The van der Waals surface area contributed by atoms with E-state index in [-0.39, 0.29) is 6.03 Å². The van der Waals surface area contributed by atoms with Crippen LogP contribution in [0.15, 0.2) is 24.3 Å². The number of aromatic amines is 1. The lowest BCUT2D eigenvalue weighted by atomic mass is 9.87. The summed E-state index contributed by atoms with van der Waals surface area (Å²) in [4.78, 5) is 18.1. The number of benzene rings is 1. The van der Waals surface area contributed by atoms with Gasteiger partial charge in [-0.1, -0.05) is 37.5 Å². The monoisotopic (exact) mass is 339 g/mol. The highest BCUT2D eigenvalue weighted by Gasteiger charge is 2.27. The Morgan fingerprint density at radius 2 is 1.80 bits per heavy atom. The molecule has 4 rings (SSSR count). The van der Waals surface area contributed by atoms with Gasteiger partial charge in [-0.05, 0) is 50.2 Å². The highest BCUT2D eigenvalue weighted by molar-refractivity contribution is 5.85. The number of piperidine rings is 1. The molecule has 1 saturated heterocycles. The Balaban J connectivity index is 1.39. The molecule has 2 N–H and O–H groups in total. The van der Waals surface area contributed by atoms with Gasteiger partial charge in [0.15, 0.2) is 0 Å². The number of carbonyl (C=O) groups excluding carboxylic acids is 1. The molecule has 25 heavy (non-hydrogen) atoms. The summed E-state index contributed by atoms with van der Waals surface area (Å²) >= 11 is 0. The van der Waals surface area contributed by atoms with Gasteiger partial charge in [-0.3, -0.25) is 0 Å². The quantitative estimate of drug-likeness (QED) is 0.819. The van der Waals surface area contributed by atoms with Gasteiger partial charge in [0.25, 0.3) is 0 Å². The molecular formula is C21H29N3O. The van der Waals surface area contributed by atoms with Crippen molar-refractivity contribution in [1.82, 2.24) is 15.2 Å². The SMILES string of the molecule is Cc1[nH]c2ccccc2c1C1CCN(C(=O)NC2CCCCC2)CC1. The van der Waals surface area contributed by atoms with Crippen LogP contribution < -0.4 is 5.32 Å². The smallest absolute Gasteiger partial charge is 0.317 e. The van der Waals surface area contributed by atoms with Crippen molar-refractivity contribution in [3.05, 3.63) is 35.5 Å². The molecule has 2 amide bonds. The molecule has 134 valence electrons. The fourth-order valence-electron chi connectivity index (χ4n) is 4.71. The first-order valence-electron chi connectivity index (χ1n) is 9.85. The third-order valence-electron chi connectivity index (χ3n) is 6.07. The van der Waals surface area contributed by atoms with E-state index < -0.39 is 0 Å². The number of H-pyrrole nitrogens is 1. The maximum Gasteiger partial charge on any atom is 0.317 e. The molecule has 2 fully saturated rings. The van der Waals surface area contributed by atoms with Crippen molar-refractivity contribution in [3.63, 3.8) is 0 Å². The zero-order valence-corrected chi connectivity index (χ0v) is 15.2. The standard InChI is InChI=1S/C21H29N3O/c1-15-20(18-9-5-6-10-19(18)22-15)16-11-13-24(14-12-16)21(25)23-17-7-3-2-4-8-17/h5-6,9-10,16-17,22H,2-4,7-8,11-14H2,1H3,(H,23,25). The first-order chi connectivity index (χ1) is 12.2. The zero-order chi connectivity index (χ0) is 17.2. The van der Waals surface area contributed by atoms with Gasteiger partial charge in [0.1, 0.15) is 0 Å². The van der Waals surface area contributed by atoms with E-state index in [0.29, 0.717) is 12.0 Å². The van der Waals surface area contributed by atoms with Crippen LogP contribution in [0.3, 0.4) is 0 Å². The fourth-order valence-corrected chi connectivity index (χ4v) is 4.71. The predicted octanol–water partition coefficient (Wildman–Crippen LogP) is 4.70. The molecule has 1 aromatic heterocycles. The summed E-state index contributed by atoms with van der Waals surface area (Å²) in [6.07, 6.45) is 8.25. The number of rotatable bonds is 2. The van der Waals surface area contributed by atoms with Gasteiger partial charge in [0.05, 0.1) is 0 Å². The van der Waals surface area contributed by atoms with Crippen molar-refractivity contribution < 1.29 is 4.79 Å². The molecule has 1 saturated carbocycles. The maximum atomic E-state index is 12.5. The number of fused-ring (bicyclic) bond motifs is 1. The predicted molar refractivity (Wildman–Crippen MR) is 102 cm³/mol. The normalized spacial score (nSPS) is 20.1. The third kappa shape index (κ3) is 3.39.